The Hall–Kier alpha value is -1.29. The third kappa shape index (κ3) is 4.39. The van der Waals surface area contributed by atoms with Crippen LogP contribution in [0.15, 0.2) is 18.2 Å². The summed E-state index contributed by atoms with van der Waals surface area (Å²) < 4.78 is 26.4. The van der Waals surface area contributed by atoms with Crippen molar-refractivity contribution in [2.75, 3.05) is 13.6 Å². The number of nitrogens with zero attached hydrogens (tertiary/aromatic N) is 1. The van der Waals surface area contributed by atoms with Crippen LogP contribution in [-0.2, 0) is 0 Å². The van der Waals surface area contributed by atoms with E-state index in [9.17, 15) is 13.6 Å². The molecule has 0 spiro atoms. The lowest BCUT2D eigenvalue weighted by Gasteiger charge is -2.24. The smallest absolute Gasteiger partial charge is 0.182 e. The van der Waals surface area contributed by atoms with Crippen LogP contribution in [-0.4, -0.2) is 30.3 Å². The Kier molecular flexibility index (Phi) is 5.60. The van der Waals surface area contributed by atoms with E-state index >= 15 is 0 Å². The van der Waals surface area contributed by atoms with E-state index in [1.54, 1.807) is 6.92 Å². The number of halogens is 2. The molecule has 0 aliphatic heterocycles. The van der Waals surface area contributed by atoms with Gasteiger partial charge in [-0.05, 0) is 45.0 Å². The number of carbonyl (C=O) groups is 1. The number of benzene rings is 1. The first-order chi connectivity index (χ1) is 8.82. The molecular weight excluding hydrogens is 248 g/mol. The van der Waals surface area contributed by atoms with Gasteiger partial charge in [-0.3, -0.25) is 9.69 Å². The number of rotatable bonds is 6. The molecule has 0 aliphatic rings. The van der Waals surface area contributed by atoms with Crippen LogP contribution in [0.4, 0.5) is 8.78 Å². The predicted molar refractivity (Wildman–Crippen MR) is 72.2 cm³/mol. The second-order valence-corrected chi connectivity index (χ2v) is 5.33. The monoisotopic (exact) mass is 269 g/mol. The van der Waals surface area contributed by atoms with Gasteiger partial charge in [0.25, 0.3) is 0 Å². The highest BCUT2D eigenvalue weighted by molar-refractivity contribution is 6.00. The van der Waals surface area contributed by atoms with Gasteiger partial charge in [0, 0.05) is 6.07 Å². The van der Waals surface area contributed by atoms with Gasteiger partial charge in [-0.25, -0.2) is 8.78 Å². The first-order valence-electron chi connectivity index (χ1n) is 6.52. The second kappa shape index (κ2) is 6.75. The largest absolute Gasteiger partial charge is 0.297 e. The fourth-order valence-electron chi connectivity index (χ4n) is 1.77. The highest BCUT2D eigenvalue weighted by Gasteiger charge is 2.22. The Bertz CT molecular complexity index is 446. The summed E-state index contributed by atoms with van der Waals surface area (Å²) in [5, 5.41) is 0. The van der Waals surface area contributed by atoms with Crippen LogP contribution in [0.25, 0.3) is 0 Å². The van der Waals surface area contributed by atoms with Crippen LogP contribution in [0.5, 0.6) is 0 Å². The SMILES string of the molecule is CC(C)CCN(C)C(C)C(=O)c1ccc(F)cc1F. The average molecular weight is 269 g/mol. The van der Waals surface area contributed by atoms with E-state index in [2.05, 4.69) is 13.8 Å². The van der Waals surface area contributed by atoms with Gasteiger partial charge in [0.15, 0.2) is 5.78 Å². The first-order valence-corrected chi connectivity index (χ1v) is 6.52. The summed E-state index contributed by atoms with van der Waals surface area (Å²) in [7, 11) is 1.84. The summed E-state index contributed by atoms with van der Waals surface area (Å²) in [5.41, 5.74) is -0.0507. The van der Waals surface area contributed by atoms with Crippen molar-refractivity contribution in [2.45, 2.75) is 33.2 Å². The van der Waals surface area contributed by atoms with E-state index in [1.807, 2.05) is 11.9 Å². The molecule has 1 rings (SSSR count). The molecule has 0 amide bonds. The lowest BCUT2D eigenvalue weighted by atomic mass is 10.0. The molecule has 0 saturated carbocycles. The van der Waals surface area contributed by atoms with Crippen molar-refractivity contribution in [3.63, 3.8) is 0 Å². The van der Waals surface area contributed by atoms with E-state index in [-0.39, 0.29) is 11.3 Å². The molecule has 19 heavy (non-hydrogen) atoms. The van der Waals surface area contributed by atoms with E-state index in [4.69, 9.17) is 0 Å². The third-order valence-electron chi connectivity index (χ3n) is 3.30. The highest BCUT2D eigenvalue weighted by atomic mass is 19.1. The van der Waals surface area contributed by atoms with Gasteiger partial charge in [0.1, 0.15) is 11.6 Å². The van der Waals surface area contributed by atoms with Gasteiger partial charge in [0.2, 0.25) is 0 Å². The summed E-state index contributed by atoms with van der Waals surface area (Å²) in [6.45, 7) is 6.73. The third-order valence-corrected chi connectivity index (χ3v) is 3.30. The molecule has 4 heteroatoms. The van der Waals surface area contributed by atoms with E-state index in [0.717, 1.165) is 25.1 Å². The minimum atomic E-state index is -0.797. The maximum atomic E-state index is 13.6. The molecule has 1 aromatic carbocycles. The number of carbonyl (C=O) groups excluding carboxylic acids is 1. The second-order valence-electron chi connectivity index (χ2n) is 5.33. The molecule has 0 aromatic heterocycles. The van der Waals surface area contributed by atoms with Gasteiger partial charge < -0.3 is 0 Å². The molecule has 0 bridgehead atoms. The number of ketones is 1. The summed E-state index contributed by atoms with van der Waals surface area (Å²) in [6.07, 6.45) is 0.972. The summed E-state index contributed by atoms with van der Waals surface area (Å²) in [6, 6.07) is 2.64. The Morgan fingerprint density at radius 2 is 1.89 bits per heavy atom. The molecule has 106 valence electrons. The number of hydrogen-bond acceptors (Lipinski definition) is 2. The molecule has 0 saturated heterocycles. The van der Waals surface area contributed by atoms with Gasteiger partial charge in [0.05, 0.1) is 11.6 Å². The molecule has 0 fully saturated rings. The van der Waals surface area contributed by atoms with Gasteiger partial charge >= 0.3 is 0 Å². The van der Waals surface area contributed by atoms with E-state index in [1.165, 1.54) is 6.07 Å². The first kappa shape index (κ1) is 15.8. The van der Waals surface area contributed by atoms with Crippen molar-refractivity contribution in [1.82, 2.24) is 4.90 Å². The van der Waals surface area contributed by atoms with Crippen molar-refractivity contribution in [1.29, 1.82) is 0 Å². The fourth-order valence-corrected chi connectivity index (χ4v) is 1.77. The maximum absolute atomic E-state index is 13.6. The van der Waals surface area contributed by atoms with Crippen LogP contribution in [0, 0.1) is 17.6 Å². The fraction of sp³-hybridized carbons (Fsp3) is 0.533. The zero-order valence-corrected chi connectivity index (χ0v) is 11.9. The molecular formula is C15H21F2NO. The highest BCUT2D eigenvalue weighted by Crippen LogP contribution is 2.14. The topological polar surface area (TPSA) is 20.3 Å². The zero-order valence-electron chi connectivity index (χ0n) is 11.9. The molecule has 0 aliphatic carbocycles. The number of likely N-dealkylation sites (N-methyl/N-ethyl adjacent to an activating group) is 1. The molecule has 0 radical (unpaired) electrons. The molecule has 1 unspecified atom stereocenters. The van der Waals surface area contributed by atoms with Crippen LogP contribution >= 0.6 is 0 Å². The van der Waals surface area contributed by atoms with Crippen LogP contribution in [0.3, 0.4) is 0 Å². The Labute approximate surface area is 113 Å². The van der Waals surface area contributed by atoms with Crippen molar-refractivity contribution in [2.24, 2.45) is 5.92 Å². The Morgan fingerprint density at radius 3 is 2.42 bits per heavy atom. The van der Waals surface area contributed by atoms with Crippen LogP contribution in [0.1, 0.15) is 37.6 Å². The van der Waals surface area contributed by atoms with Crippen molar-refractivity contribution in [3.8, 4) is 0 Å². The minimum Gasteiger partial charge on any atom is -0.297 e. The lowest BCUT2D eigenvalue weighted by Crippen LogP contribution is -2.37. The lowest BCUT2D eigenvalue weighted by molar-refractivity contribution is 0.0860. The molecule has 2 nitrogen and oxygen atoms in total. The average Bonchev–Trinajstić information content (AvgIpc) is 2.34. The van der Waals surface area contributed by atoms with Gasteiger partial charge in [-0.15, -0.1) is 0 Å². The van der Waals surface area contributed by atoms with Gasteiger partial charge in [-0.2, -0.15) is 0 Å². The molecule has 1 atom stereocenters. The summed E-state index contributed by atoms with van der Waals surface area (Å²) in [4.78, 5) is 14.1. The number of hydrogen-bond donors (Lipinski definition) is 0. The minimum absolute atomic E-state index is 0.0507. The molecule has 1 aromatic rings. The van der Waals surface area contributed by atoms with Gasteiger partial charge in [-0.1, -0.05) is 13.8 Å². The van der Waals surface area contributed by atoms with Crippen molar-refractivity contribution in [3.05, 3.63) is 35.4 Å². The summed E-state index contributed by atoms with van der Waals surface area (Å²) >= 11 is 0. The standard InChI is InChI=1S/C15H21F2NO/c1-10(2)7-8-18(4)11(3)15(19)13-6-5-12(16)9-14(13)17/h5-6,9-11H,7-8H2,1-4H3. The quantitative estimate of drug-likeness (QED) is 0.736. The molecule has 0 heterocycles. The van der Waals surface area contributed by atoms with Crippen molar-refractivity contribution >= 4 is 5.78 Å². The van der Waals surface area contributed by atoms with E-state index < -0.39 is 17.7 Å². The predicted octanol–water partition coefficient (Wildman–Crippen LogP) is 3.51. The van der Waals surface area contributed by atoms with Crippen LogP contribution < -0.4 is 0 Å². The number of Topliss-reactive ketones (excluding diaryl/α,β-unsaturated/α-hetero) is 1. The van der Waals surface area contributed by atoms with E-state index in [0.29, 0.717) is 5.92 Å². The Morgan fingerprint density at radius 1 is 1.26 bits per heavy atom. The van der Waals surface area contributed by atoms with Crippen LogP contribution in [0.2, 0.25) is 0 Å². The zero-order chi connectivity index (χ0) is 14.6. The normalized spacial score (nSPS) is 13.1. The summed E-state index contributed by atoms with van der Waals surface area (Å²) in [5.74, 6) is -1.24. The van der Waals surface area contributed by atoms with Crippen molar-refractivity contribution < 1.29 is 13.6 Å². The molecule has 0 N–H and O–H groups in total. The Balaban J connectivity index is 2.76. The maximum Gasteiger partial charge on any atom is 0.182 e.